The molecule has 0 radical (unpaired) electrons. The van der Waals surface area contributed by atoms with Crippen molar-refractivity contribution in [3.05, 3.63) is 35.4 Å². The molecule has 0 heterocycles. The van der Waals surface area contributed by atoms with E-state index in [9.17, 15) is 9.59 Å². The Hall–Kier alpha value is -1.88. The van der Waals surface area contributed by atoms with E-state index in [0.29, 0.717) is 25.6 Å². The number of aliphatic carboxylic acids is 1. The molecule has 0 spiro atoms. The molecule has 1 aromatic rings. The molecule has 5 nitrogen and oxygen atoms in total. The van der Waals surface area contributed by atoms with E-state index >= 15 is 0 Å². The summed E-state index contributed by atoms with van der Waals surface area (Å²) in [6.45, 7) is 5.06. The van der Waals surface area contributed by atoms with Crippen LogP contribution in [0.4, 0.5) is 0 Å². The fourth-order valence-corrected chi connectivity index (χ4v) is 1.82. The van der Waals surface area contributed by atoms with Gasteiger partial charge in [-0.3, -0.25) is 9.59 Å². The average molecular weight is 278 g/mol. The van der Waals surface area contributed by atoms with Gasteiger partial charge in [-0.25, -0.2) is 0 Å². The zero-order valence-electron chi connectivity index (χ0n) is 12.0. The van der Waals surface area contributed by atoms with Gasteiger partial charge in [0.1, 0.15) is 0 Å². The van der Waals surface area contributed by atoms with Crippen LogP contribution in [-0.4, -0.2) is 29.6 Å². The zero-order chi connectivity index (χ0) is 15.0. The number of rotatable bonds is 8. The first kappa shape index (κ1) is 16.2. The maximum absolute atomic E-state index is 11.7. The van der Waals surface area contributed by atoms with Crippen LogP contribution in [0.5, 0.6) is 0 Å². The number of carboxylic acid groups (broad SMARTS) is 1. The largest absolute Gasteiger partial charge is 0.481 e. The fourth-order valence-electron chi connectivity index (χ4n) is 1.82. The second-order valence-corrected chi connectivity index (χ2v) is 4.97. The minimum Gasteiger partial charge on any atom is -0.481 e. The fraction of sp³-hybridized carbons (Fsp3) is 0.467. The quantitative estimate of drug-likeness (QED) is 0.670. The number of hydrogen-bond acceptors (Lipinski definition) is 3. The summed E-state index contributed by atoms with van der Waals surface area (Å²) in [7, 11) is 0. The molecule has 0 aliphatic carbocycles. The molecule has 5 heteroatoms. The molecular weight excluding hydrogens is 256 g/mol. The summed E-state index contributed by atoms with van der Waals surface area (Å²) < 4.78 is 0. The summed E-state index contributed by atoms with van der Waals surface area (Å²) >= 11 is 0. The molecule has 0 atom stereocenters. The highest BCUT2D eigenvalue weighted by atomic mass is 16.4. The second kappa shape index (κ2) is 8.32. The molecule has 1 aromatic carbocycles. The molecule has 0 unspecified atom stereocenters. The van der Waals surface area contributed by atoms with Gasteiger partial charge in [0.15, 0.2) is 0 Å². The summed E-state index contributed by atoms with van der Waals surface area (Å²) in [5.74, 6) is -0.909. The first-order chi connectivity index (χ1) is 9.49. The van der Waals surface area contributed by atoms with Crippen molar-refractivity contribution in [2.24, 2.45) is 0 Å². The Balaban J connectivity index is 2.44. The smallest absolute Gasteiger partial charge is 0.307 e. The molecule has 20 heavy (non-hydrogen) atoms. The Morgan fingerprint density at radius 2 is 1.85 bits per heavy atom. The van der Waals surface area contributed by atoms with Crippen LogP contribution in [0.3, 0.4) is 0 Å². The number of amides is 1. The lowest BCUT2D eigenvalue weighted by atomic mass is 10.0. The van der Waals surface area contributed by atoms with Crippen LogP contribution in [0.1, 0.15) is 31.4 Å². The van der Waals surface area contributed by atoms with Gasteiger partial charge >= 0.3 is 5.97 Å². The van der Waals surface area contributed by atoms with Crippen LogP contribution < -0.4 is 10.6 Å². The van der Waals surface area contributed by atoms with E-state index in [0.717, 1.165) is 11.1 Å². The molecule has 0 aliphatic rings. The van der Waals surface area contributed by atoms with Gasteiger partial charge in [0.25, 0.3) is 0 Å². The SMILES string of the molecule is CC(C)NCCC(=O)NCc1ccccc1CC(=O)O. The Kier molecular flexibility index (Phi) is 6.73. The Bertz CT molecular complexity index is 458. The standard InChI is InChI=1S/C15H22N2O3/c1-11(2)16-8-7-14(18)17-10-13-6-4-3-5-12(13)9-15(19)20/h3-6,11,16H,7-10H2,1-2H3,(H,17,18)(H,19,20). The van der Waals surface area contributed by atoms with E-state index < -0.39 is 5.97 Å². The molecule has 1 rings (SSSR count). The maximum Gasteiger partial charge on any atom is 0.307 e. The average Bonchev–Trinajstić information content (AvgIpc) is 2.36. The van der Waals surface area contributed by atoms with E-state index in [2.05, 4.69) is 10.6 Å². The zero-order valence-corrected chi connectivity index (χ0v) is 12.0. The van der Waals surface area contributed by atoms with Gasteiger partial charge in [-0.15, -0.1) is 0 Å². The Labute approximate surface area is 119 Å². The highest BCUT2D eigenvalue weighted by Gasteiger charge is 2.07. The van der Waals surface area contributed by atoms with Gasteiger partial charge < -0.3 is 15.7 Å². The number of carboxylic acids is 1. The van der Waals surface area contributed by atoms with E-state index in [1.807, 2.05) is 26.0 Å². The minimum atomic E-state index is -0.870. The lowest BCUT2D eigenvalue weighted by Gasteiger charge is -2.10. The van der Waals surface area contributed by atoms with Crippen molar-refractivity contribution in [1.29, 1.82) is 0 Å². The van der Waals surface area contributed by atoms with Gasteiger partial charge in [0.2, 0.25) is 5.91 Å². The molecule has 1 amide bonds. The molecule has 0 aromatic heterocycles. The molecule has 0 aliphatic heterocycles. The number of benzene rings is 1. The number of carbonyl (C=O) groups is 2. The van der Waals surface area contributed by atoms with E-state index in [1.165, 1.54) is 0 Å². The third-order valence-electron chi connectivity index (χ3n) is 2.84. The third-order valence-corrected chi connectivity index (χ3v) is 2.84. The van der Waals surface area contributed by atoms with Gasteiger partial charge in [-0.1, -0.05) is 38.1 Å². The molecular formula is C15H22N2O3. The van der Waals surface area contributed by atoms with Crippen molar-refractivity contribution in [1.82, 2.24) is 10.6 Å². The van der Waals surface area contributed by atoms with Crippen LogP contribution in [0.2, 0.25) is 0 Å². The van der Waals surface area contributed by atoms with Gasteiger partial charge in [0, 0.05) is 25.6 Å². The first-order valence-electron chi connectivity index (χ1n) is 6.77. The van der Waals surface area contributed by atoms with Crippen molar-refractivity contribution < 1.29 is 14.7 Å². The van der Waals surface area contributed by atoms with E-state index in [1.54, 1.807) is 12.1 Å². The lowest BCUT2D eigenvalue weighted by molar-refractivity contribution is -0.136. The summed E-state index contributed by atoms with van der Waals surface area (Å²) in [5, 5.41) is 14.8. The highest BCUT2D eigenvalue weighted by Crippen LogP contribution is 2.09. The molecule has 0 saturated heterocycles. The molecule has 3 N–H and O–H groups in total. The Morgan fingerprint density at radius 3 is 2.45 bits per heavy atom. The van der Waals surface area contributed by atoms with Crippen molar-refractivity contribution >= 4 is 11.9 Å². The van der Waals surface area contributed by atoms with Crippen LogP contribution in [0, 0.1) is 0 Å². The number of carbonyl (C=O) groups excluding carboxylic acids is 1. The maximum atomic E-state index is 11.7. The van der Waals surface area contributed by atoms with Crippen LogP contribution in [0.15, 0.2) is 24.3 Å². The molecule has 0 saturated carbocycles. The van der Waals surface area contributed by atoms with Crippen molar-refractivity contribution in [2.45, 2.75) is 39.3 Å². The van der Waals surface area contributed by atoms with Crippen molar-refractivity contribution in [3.63, 3.8) is 0 Å². The highest BCUT2D eigenvalue weighted by molar-refractivity contribution is 5.76. The predicted molar refractivity (Wildman–Crippen MR) is 77.4 cm³/mol. The summed E-state index contributed by atoms with van der Waals surface area (Å²) in [4.78, 5) is 22.4. The van der Waals surface area contributed by atoms with Crippen molar-refractivity contribution in [3.8, 4) is 0 Å². The Morgan fingerprint density at radius 1 is 1.20 bits per heavy atom. The summed E-state index contributed by atoms with van der Waals surface area (Å²) in [6, 6.07) is 7.61. The first-order valence-corrected chi connectivity index (χ1v) is 6.77. The van der Waals surface area contributed by atoms with E-state index in [-0.39, 0.29) is 12.3 Å². The third kappa shape index (κ3) is 6.33. The molecule has 0 bridgehead atoms. The minimum absolute atomic E-state index is 0.0268. The van der Waals surface area contributed by atoms with Gasteiger partial charge in [-0.05, 0) is 11.1 Å². The lowest BCUT2D eigenvalue weighted by Crippen LogP contribution is -2.30. The second-order valence-electron chi connectivity index (χ2n) is 4.97. The molecule has 110 valence electrons. The predicted octanol–water partition coefficient (Wildman–Crippen LogP) is 1.32. The van der Waals surface area contributed by atoms with Gasteiger partial charge in [-0.2, -0.15) is 0 Å². The van der Waals surface area contributed by atoms with Crippen molar-refractivity contribution in [2.75, 3.05) is 6.54 Å². The monoisotopic (exact) mass is 278 g/mol. The summed E-state index contributed by atoms with van der Waals surface area (Å²) in [5.41, 5.74) is 1.58. The topological polar surface area (TPSA) is 78.4 Å². The van der Waals surface area contributed by atoms with E-state index in [4.69, 9.17) is 5.11 Å². The van der Waals surface area contributed by atoms with Crippen LogP contribution in [0.25, 0.3) is 0 Å². The van der Waals surface area contributed by atoms with Crippen LogP contribution >= 0.6 is 0 Å². The van der Waals surface area contributed by atoms with Gasteiger partial charge in [0.05, 0.1) is 6.42 Å². The molecule has 0 fully saturated rings. The normalized spacial score (nSPS) is 10.6. The van der Waals surface area contributed by atoms with Crippen LogP contribution in [-0.2, 0) is 22.6 Å². The number of hydrogen-bond donors (Lipinski definition) is 3. The summed E-state index contributed by atoms with van der Waals surface area (Å²) in [6.07, 6.45) is 0.389. The number of nitrogens with one attached hydrogen (secondary N) is 2.